The van der Waals surface area contributed by atoms with Crippen LogP contribution in [0.1, 0.15) is 45.2 Å². The van der Waals surface area contributed by atoms with Crippen molar-refractivity contribution in [2.75, 3.05) is 49.5 Å². The number of ketones is 1. The van der Waals surface area contributed by atoms with Crippen LogP contribution in [0.15, 0.2) is 53.7 Å². The molecule has 2 heterocycles. The highest BCUT2D eigenvalue weighted by atomic mass is 19.1. The lowest BCUT2D eigenvalue weighted by atomic mass is 9.73. The summed E-state index contributed by atoms with van der Waals surface area (Å²) in [6, 6.07) is 9.77. The van der Waals surface area contributed by atoms with Gasteiger partial charge in [-0.25, -0.2) is 13.6 Å². The number of fused-ring (bicyclic) bond motifs is 1. The summed E-state index contributed by atoms with van der Waals surface area (Å²) < 4.78 is 34.2. The fraction of sp³-hybridized carbons (Fsp3) is 0.433. The van der Waals surface area contributed by atoms with Crippen molar-refractivity contribution in [3.8, 4) is 0 Å². The number of Topliss-reactive ketones (excluding diaryl/α,β-unsaturated/α-hetero) is 1. The van der Waals surface area contributed by atoms with Crippen LogP contribution in [0, 0.1) is 17.0 Å². The Morgan fingerprint density at radius 3 is 2.33 bits per heavy atom. The third-order valence-electron chi connectivity index (χ3n) is 7.67. The lowest BCUT2D eigenvalue weighted by Crippen LogP contribution is -2.53. The summed E-state index contributed by atoms with van der Waals surface area (Å²) in [5.41, 5.74) is 2.42. The molecule has 8 nitrogen and oxygen atoms in total. The molecule has 2 aromatic rings. The molecule has 0 radical (unpaired) electrons. The van der Waals surface area contributed by atoms with E-state index < -0.39 is 23.8 Å². The Balaban J connectivity index is 1.55. The third kappa shape index (κ3) is 5.52. The second-order valence-corrected chi connectivity index (χ2v) is 11.3. The number of hydrogen-bond donors (Lipinski definition) is 1. The Labute approximate surface area is 232 Å². The van der Waals surface area contributed by atoms with E-state index in [0.29, 0.717) is 55.2 Å². The number of rotatable bonds is 4. The number of para-hydroxylation sites is 2. The van der Waals surface area contributed by atoms with Crippen LogP contribution in [0.2, 0.25) is 0 Å². The molecule has 2 aromatic carbocycles. The number of ether oxygens (including phenoxy) is 1. The van der Waals surface area contributed by atoms with Crippen LogP contribution < -0.4 is 10.2 Å². The maximum absolute atomic E-state index is 14.6. The lowest BCUT2D eigenvalue weighted by Gasteiger charge is -2.39. The van der Waals surface area contributed by atoms with E-state index in [1.54, 1.807) is 21.6 Å². The molecular formula is C30H34F2N4O4. The van der Waals surface area contributed by atoms with Crippen molar-refractivity contribution >= 4 is 29.2 Å². The van der Waals surface area contributed by atoms with E-state index in [9.17, 15) is 23.2 Å². The van der Waals surface area contributed by atoms with Crippen molar-refractivity contribution in [3.63, 3.8) is 0 Å². The molecule has 3 aliphatic rings. The molecule has 2 amide bonds. The van der Waals surface area contributed by atoms with Crippen LogP contribution in [0.5, 0.6) is 0 Å². The molecule has 10 heteroatoms. The summed E-state index contributed by atoms with van der Waals surface area (Å²) in [5, 5.41) is 3.44. The zero-order chi connectivity index (χ0) is 28.6. The van der Waals surface area contributed by atoms with Gasteiger partial charge in [-0.2, -0.15) is 0 Å². The predicted molar refractivity (Wildman–Crippen MR) is 147 cm³/mol. The molecule has 40 heavy (non-hydrogen) atoms. The van der Waals surface area contributed by atoms with Gasteiger partial charge in [0.2, 0.25) is 5.91 Å². The van der Waals surface area contributed by atoms with Crippen molar-refractivity contribution in [2.45, 2.75) is 39.7 Å². The van der Waals surface area contributed by atoms with Crippen molar-refractivity contribution in [1.82, 2.24) is 9.80 Å². The molecule has 1 N–H and O–H groups in total. The van der Waals surface area contributed by atoms with Crippen molar-refractivity contribution < 1.29 is 27.9 Å². The first kappa shape index (κ1) is 27.6. The van der Waals surface area contributed by atoms with Crippen LogP contribution in [0.4, 0.5) is 25.0 Å². The number of halogens is 2. The van der Waals surface area contributed by atoms with Gasteiger partial charge < -0.3 is 24.8 Å². The average molecular weight is 553 g/mol. The van der Waals surface area contributed by atoms with Crippen molar-refractivity contribution in [1.29, 1.82) is 0 Å². The van der Waals surface area contributed by atoms with Gasteiger partial charge in [-0.05, 0) is 48.6 Å². The van der Waals surface area contributed by atoms with Crippen LogP contribution in [-0.4, -0.2) is 66.9 Å². The van der Waals surface area contributed by atoms with Gasteiger partial charge in [0.05, 0.1) is 30.6 Å². The van der Waals surface area contributed by atoms with Crippen molar-refractivity contribution in [3.05, 3.63) is 70.9 Å². The summed E-state index contributed by atoms with van der Waals surface area (Å²) in [6.45, 7) is 7.24. The number of carbonyl (C=O) groups excluding carboxylic acids is 3. The lowest BCUT2D eigenvalue weighted by molar-refractivity contribution is -0.131. The number of hydrogen-bond acceptors (Lipinski definition) is 6. The van der Waals surface area contributed by atoms with Gasteiger partial charge >= 0.3 is 6.09 Å². The minimum absolute atomic E-state index is 0.123. The molecule has 1 fully saturated rings. The molecule has 1 unspecified atom stereocenters. The summed E-state index contributed by atoms with van der Waals surface area (Å²) >= 11 is 0. The number of anilines is 2. The Hall–Kier alpha value is -3.95. The Morgan fingerprint density at radius 1 is 1.00 bits per heavy atom. The fourth-order valence-electron chi connectivity index (χ4n) is 5.91. The Bertz CT molecular complexity index is 1350. The quantitative estimate of drug-likeness (QED) is 0.582. The number of nitrogens with one attached hydrogen (secondary N) is 1. The van der Waals surface area contributed by atoms with Gasteiger partial charge in [0.15, 0.2) is 5.78 Å². The van der Waals surface area contributed by atoms with Crippen molar-refractivity contribution in [2.24, 2.45) is 5.41 Å². The normalized spacial score (nSPS) is 20.4. The minimum Gasteiger partial charge on any atom is -0.450 e. The second kappa shape index (κ2) is 10.9. The molecule has 2 aliphatic heterocycles. The van der Waals surface area contributed by atoms with E-state index in [0.717, 1.165) is 6.07 Å². The summed E-state index contributed by atoms with van der Waals surface area (Å²) in [4.78, 5) is 44.6. The monoisotopic (exact) mass is 552 g/mol. The van der Waals surface area contributed by atoms with Gasteiger partial charge in [0.25, 0.3) is 0 Å². The molecule has 212 valence electrons. The van der Waals surface area contributed by atoms with Gasteiger partial charge in [-0.3, -0.25) is 9.59 Å². The predicted octanol–water partition coefficient (Wildman–Crippen LogP) is 4.88. The van der Waals surface area contributed by atoms with E-state index in [1.807, 2.05) is 38.1 Å². The SMILES string of the molecule is CCOC(=O)N1CCN(C(=O)CN2c3ccccc3NC3=C(C(=O)CC(C)(C)C3)C2c2cc(F)cc(F)c2)CC1. The highest BCUT2D eigenvalue weighted by Crippen LogP contribution is 2.48. The van der Waals surface area contributed by atoms with Crippen LogP contribution >= 0.6 is 0 Å². The first-order valence-corrected chi connectivity index (χ1v) is 13.6. The summed E-state index contributed by atoms with van der Waals surface area (Å²) in [5.74, 6) is -1.85. The molecule has 1 aliphatic carbocycles. The third-order valence-corrected chi connectivity index (χ3v) is 7.67. The van der Waals surface area contributed by atoms with Gasteiger partial charge in [0, 0.05) is 49.9 Å². The maximum atomic E-state index is 14.6. The number of nitrogens with zero attached hydrogens (tertiary/aromatic N) is 3. The van der Waals surface area contributed by atoms with E-state index in [1.165, 1.54) is 12.1 Å². The summed E-state index contributed by atoms with van der Waals surface area (Å²) in [7, 11) is 0. The second-order valence-electron chi connectivity index (χ2n) is 11.3. The van der Waals surface area contributed by atoms with E-state index in [2.05, 4.69) is 5.32 Å². The molecule has 0 aromatic heterocycles. The zero-order valence-corrected chi connectivity index (χ0v) is 23.0. The molecule has 0 saturated carbocycles. The number of piperazine rings is 1. The van der Waals surface area contributed by atoms with E-state index in [-0.39, 0.29) is 42.2 Å². The highest BCUT2D eigenvalue weighted by Gasteiger charge is 2.42. The Kier molecular flexibility index (Phi) is 7.53. The van der Waals surface area contributed by atoms with Crippen LogP contribution in [-0.2, 0) is 14.3 Å². The minimum atomic E-state index is -0.885. The topological polar surface area (TPSA) is 82.2 Å². The maximum Gasteiger partial charge on any atom is 0.409 e. The molecule has 0 spiro atoms. The fourth-order valence-corrected chi connectivity index (χ4v) is 5.91. The smallest absolute Gasteiger partial charge is 0.409 e. The van der Waals surface area contributed by atoms with Crippen LogP contribution in [0.25, 0.3) is 0 Å². The average Bonchev–Trinajstić information content (AvgIpc) is 3.02. The standard InChI is InChI=1S/C30H34F2N4O4/c1-4-40-29(39)35-11-9-34(10-12-35)26(38)18-36-24-8-6-5-7-22(24)33-23-16-30(2,3)17-25(37)27(23)28(36)19-13-20(31)15-21(32)14-19/h5-8,13-15,28,33H,4,9-12,16-18H2,1-3H3. The number of amides is 2. The number of carbonyl (C=O) groups is 3. The summed E-state index contributed by atoms with van der Waals surface area (Å²) in [6.07, 6.45) is 0.429. The molecular weight excluding hydrogens is 518 g/mol. The van der Waals surface area contributed by atoms with E-state index in [4.69, 9.17) is 4.74 Å². The molecule has 0 bridgehead atoms. The van der Waals surface area contributed by atoms with E-state index >= 15 is 0 Å². The molecule has 5 rings (SSSR count). The Morgan fingerprint density at radius 2 is 1.65 bits per heavy atom. The highest BCUT2D eigenvalue weighted by molar-refractivity contribution is 6.02. The zero-order valence-electron chi connectivity index (χ0n) is 23.0. The van der Waals surface area contributed by atoms with Gasteiger partial charge in [-0.15, -0.1) is 0 Å². The van der Waals surface area contributed by atoms with Gasteiger partial charge in [0.1, 0.15) is 11.6 Å². The van der Waals surface area contributed by atoms with Crippen LogP contribution in [0.3, 0.4) is 0 Å². The number of benzene rings is 2. The number of allylic oxidation sites excluding steroid dienone is 1. The largest absolute Gasteiger partial charge is 0.450 e. The first-order valence-electron chi connectivity index (χ1n) is 13.6. The first-order chi connectivity index (χ1) is 19.1. The molecule has 1 atom stereocenters. The van der Waals surface area contributed by atoms with Gasteiger partial charge in [-0.1, -0.05) is 26.0 Å². The molecule has 1 saturated heterocycles.